The van der Waals surface area contributed by atoms with Crippen molar-refractivity contribution in [1.29, 1.82) is 0 Å². The van der Waals surface area contributed by atoms with E-state index in [4.69, 9.17) is 4.74 Å². The van der Waals surface area contributed by atoms with E-state index < -0.39 is 0 Å². The number of benzene rings is 2. The first-order valence-corrected chi connectivity index (χ1v) is 7.48. The Labute approximate surface area is 132 Å². The zero-order chi connectivity index (χ0) is 14.7. The molecule has 106 valence electrons. The number of rotatable bonds is 4. The normalized spacial score (nSPS) is 10.6. The topological polar surface area (TPSA) is 34.1 Å². The highest BCUT2D eigenvalue weighted by Gasteiger charge is 2.06. The first kappa shape index (κ1) is 13.9. The molecule has 0 radical (unpaired) electrons. The number of aromatic nitrogens is 1. The Morgan fingerprint density at radius 3 is 2.62 bits per heavy atom. The largest absolute Gasteiger partial charge is 0.496 e. The number of hydrogen-bond acceptors (Lipinski definition) is 3. The number of fused-ring (bicyclic) bond motifs is 1. The minimum atomic E-state index is 0.731. The Bertz CT molecular complexity index is 774. The lowest BCUT2D eigenvalue weighted by Gasteiger charge is -2.12. The van der Waals surface area contributed by atoms with Gasteiger partial charge in [-0.05, 0) is 45.1 Å². The lowest BCUT2D eigenvalue weighted by Crippen LogP contribution is -2.01. The highest BCUT2D eigenvalue weighted by molar-refractivity contribution is 9.10. The fourth-order valence-corrected chi connectivity index (χ4v) is 2.76. The molecular formula is C17H15BrN2O. The Hall–Kier alpha value is -2.07. The number of pyridine rings is 1. The standard InChI is InChI=1S/C17H15BrN2O/c1-21-16-9-8-12(13-5-2-3-6-14(13)16)11-20-15-7-4-10-19-17(15)18/h2-10,20H,11H2,1H3. The van der Waals surface area contributed by atoms with E-state index in [0.29, 0.717) is 0 Å². The Kier molecular flexibility index (Phi) is 4.06. The van der Waals surface area contributed by atoms with Gasteiger partial charge in [0.1, 0.15) is 10.4 Å². The summed E-state index contributed by atoms with van der Waals surface area (Å²) < 4.78 is 6.25. The molecule has 3 rings (SSSR count). The van der Waals surface area contributed by atoms with Crippen LogP contribution in [-0.4, -0.2) is 12.1 Å². The highest BCUT2D eigenvalue weighted by Crippen LogP contribution is 2.29. The van der Waals surface area contributed by atoms with Gasteiger partial charge in [-0.3, -0.25) is 0 Å². The molecule has 4 heteroatoms. The molecule has 0 atom stereocenters. The average molecular weight is 343 g/mol. The van der Waals surface area contributed by atoms with Crippen molar-refractivity contribution in [1.82, 2.24) is 4.98 Å². The number of anilines is 1. The minimum Gasteiger partial charge on any atom is -0.496 e. The fraction of sp³-hybridized carbons (Fsp3) is 0.118. The van der Waals surface area contributed by atoms with Crippen LogP contribution in [0, 0.1) is 0 Å². The van der Waals surface area contributed by atoms with Crippen molar-refractivity contribution in [2.75, 3.05) is 12.4 Å². The summed E-state index contributed by atoms with van der Waals surface area (Å²) in [6.45, 7) is 0.731. The maximum Gasteiger partial charge on any atom is 0.129 e. The van der Waals surface area contributed by atoms with Gasteiger partial charge in [0.25, 0.3) is 0 Å². The van der Waals surface area contributed by atoms with Crippen LogP contribution in [0.15, 0.2) is 59.3 Å². The summed E-state index contributed by atoms with van der Waals surface area (Å²) >= 11 is 3.45. The van der Waals surface area contributed by atoms with E-state index in [0.717, 1.165) is 28.0 Å². The monoisotopic (exact) mass is 342 g/mol. The third-order valence-corrected chi connectivity index (χ3v) is 4.05. The predicted octanol–water partition coefficient (Wildman–Crippen LogP) is 4.62. The minimum absolute atomic E-state index is 0.731. The van der Waals surface area contributed by atoms with Crippen molar-refractivity contribution in [3.63, 3.8) is 0 Å². The molecule has 0 aliphatic carbocycles. The molecule has 21 heavy (non-hydrogen) atoms. The van der Waals surface area contributed by atoms with E-state index in [9.17, 15) is 0 Å². The van der Waals surface area contributed by atoms with Crippen molar-refractivity contribution >= 4 is 32.4 Å². The number of halogens is 1. The third-order valence-electron chi connectivity index (χ3n) is 3.42. The number of methoxy groups -OCH3 is 1. The van der Waals surface area contributed by atoms with E-state index in [2.05, 4.69) is 44.4 Å². The molecule has 0 saturated carbocycles. The molecule has 1 heterocycles. The van der Waals surface area contributed by atoms with Gasteiger partial charge in [0.15, 0.2) is 0 Å². The van der Waals surface area contributed by atoms with Gasteiger partial charge in [-0.25, -0.2) is 4.98 Å². The molecule has 1 N–H and O–H groups in total. The van der Waals surface area contributed by atoms with Crippen LogP contribution >= 0.6 is 15.9 Å². The van der Waals surface area contributed by atoms with E-state index in [-0.39, 0.29) is 0 Å². The van der Waals surface area contributed by atoms with Gasteiger partial charge in [-0.2, -0.15) is 0 Å². The number of nitrogens with zero attached hydrogens (tertiary/aromatic N) is 1. The number of ether oxygens (including phenoxy) is 1. The second-order valence-electron chi connectivity index (χ2n) is 4.67. The lowest BCUT2D eigenvalue weighted by atomic mass is 10.0. The summed E-state index contributed by atoms with van der Waals surface area (Å²) in [5.74, 6) is 0.900. The van der Waals surface area contributed by atoms with Crippen molar-refractivity contribution in [2.24, 2.45) is 0 Å². The SMILES string of the molecule is COc1ccc(CNc2cccnc2Br)c2ccccc12. The molecule has 0 spiro atoms. The van der Waals surface area contributed by atoms with Gasteiger partial charge in [-0.1, -0.05) is 30.3 Å². The van der Waals surface area contributed by atoms with E-state index in [1.165, 1.54) is 10.9 Å². The van der Waals surface area contributed by atoms with Crippen LogP contribution in [0.1, 0.15) is 5.56 Å². The van der Waals surface area contributed by atoms with Gasteiger partial charge < -0.3 is 10.1 Å². The smallest absolute Gasteiger partial charge is 0.129 e. The van der Waals surface area contributed by atoms with E-state index in [1.54, 1.807) is 13.3 Å². The summed E-state index contributed by atoms with van der Waals surface area (Å²) in [7, 11) is 1.70. The van der Waals surface area contributed by atoms with E-state index >= 15 is 0 Å². The molecule has 3 nitrogen and oxygen atoms in total. The van der Waals surface area contributed by atoms with Crippen LogP contribution in [0.2, 0.25) is 0 Å². The van der Waals surface area contributed by atoms with Gasteiger partial charge in [0.2, 0.25) is 0 Å². The quantitative estimate of drug-likeness (QED) is 0.702. The Morgan fingerprint density at radius 2 is 1.86 bits per heavy atom. The second kappa shape index (κ2) is 6.14. The van der Waals surface area contributed by atoms with Crippen LogP contribution in [0.4, 0.5) is 5.69 Å². The molecular weight excluding hydrogens is 328 g/mol. The van der Waals surface area contributed by atoms with Crippen molar-refractivity contribution < 1.29 is 4.74 Å². The summed E-state index contributed by atoms with van der Waals surface area (Å²) in [5.41, 5.74) is 2.21. The Balaban J connectivity index is 1.93. The van der Waals surface area contributed by atoms with Crippen LogP contribution in [0.25, 0.3) is 10.8 Å². The zero-order valence-electron chi connectivity index (χ0n) is 11.6. The summed E-state index contributed by atoms with van der Waals surface area (Å²) in [5, 5.41) is 5.74. The zero-order valence-corrected chi connectivity index (χ0v) is 13.2. The average Bonchev–Trinajstić information content (AvgIpc) is 2.54. The molecule has 0 saturated heterocycles. The molecule has 0 aliphatic rings. The third kappa shape index (κ3) is 2.85. The second-order valence-corrected chi connectivity index (χ2v) is 5.42. The van der Waals surface area contributed by atoms with Crippen LogP contribution in [0.5, 0.6) is 5.75 Å². The Morgan fingerprint density at radius 1 is 1.05 bits per heavy atom. The van der Waals surface area contributed by atoms with Gasteiger partial charge >= 0.3 is 0 Å². The molecule has 0 amide bonds. The molecule has 1 aromatic heterocycles. The van der Waals surface area contributed by atoms with E-state index in [1.807, 2.05) is 30.3 Å². The fourth-order valence-electron chi connectivity index (χ4n) is 2.37. The summed E-state index contributed by atoms with van der Waals surface area (Å²) in [6, 6.07) is 16.3. The van der Waals surface area contributed by atoms with Crippen LogP contribution in [0.3, 0.4) is 0 Å². The molecule has 0 unspecified atom stereocenters. The van der Waals surface area contributed by atoms with Crippen LogP contribution in [-0.2, 0) is 6.54 Å². The molecule has 2 aromatic carbocycles. The van der Waals surface area contributed by atoms with Crippen LogP contribution < -0.4 is 10.1 Å². The molecule has 3 aromatic rings. The maximum atomic E-state index is 5.43. The first-order valence-electron chi connectivity index (χ1n) is 6.68. The molecule has 0 fully saturated rings. The van der Waals surface area contributed by atoms with Crippen molar-refractivity contribution in [3.8, 4) is 5.75 Å². The van der Waals surface area contributed by atoms with Crippen molar-refractivity contribution in [2.45, 2.75) is 6.54 Å². The maximum absolute atomic E-state index is 5.43. The van der Waals surface area contributed by atoms with Gasteiger partial charge in [0.05, 0.1) is 12.8 Å². The summed E-state index contributed by atoms with van der Waals surface area (Å²) in [6.07, 6.45) is 1.76. The number of hydrogen-bond donors (Lipinski definition) is 1. The van der Waals surface area contributed by atoms with Gasteiger partial charge in [-0.15, -0.1) is 0 Å². The lowest BCUT2D eigenvalue weighted by molar-refractivity contribution is 0.419. The number of nitrogens with one attached hydrogen (secondary N) is 1. The molecule has 0 bridgehead atoms. The van der Waals surface area contributed by atoms with Gasteiger partial charge in [0, 0.05) is 18.1 Å². The predicted molar refractivity (Wildman–Crippen MR) is 89.8 cm³/mol. The van der Waals surface area contributed by atoms with Crippen molar-refractivity contribution in [3.05, 3.63) is 64.9 Å². The first-order chi connectivity index (χ1) is 10.3. The summed E-state index contributed by atoms with van der Waals surface area (Å²) in [4.78, 5) is 4.22. The highest BCUT2D eigenvalue weighted by atomic mass is 79.9. The molecule has 0 aliphatic heterocycles.